The zero-order valence-corrected chi connectivity index (χ0v) is 19.6. The van der Waals surface area contributed by atoms with Crippen LogP contribution in [0.25, 0.3) is 0 Å². The lowest BCUT2D eigenvalue weighted by atomic mass is 9.69. The number of carbonyl (C=O) groups excluding carboxylic acids is 1. The van der Waals surface area contributed by atoms with Crippen molar-refractivity contribution in [3.63, 3.8) is 0 Å². The quantitative estimate of drug-likeness (QED) is 0.631. The maximum absolute atomic E-state index is 13.0. The Morgan fingerprint density at radius 3 is 2.18 bits per heavy atom. The Labute approximate surface area is 193 Å². The number of fused-ring (bicyclic) bond motifs is 1. The highest BCUT2D eigenvalue weighted by Gasteiger charge is 2.66. The van der Waals surface area contributed by atoms with Crippen molar-refractivity contribution in [2.45, 2.75) is 93.9 Å². The van der Waals surface area contributed by atoms with E-state index in [0.717, 1.165) is 5.56 Å². The Morgan fingerprint density at radius 2 is 1.58 bits per heavy atom. The third-order valence-corrected chi connectivity index (χ3v) is 7.22. The van der Waals surface area contributed by atoms with Crippen molar-refractivity contribution in [1.29, 1.82) is 0 Å². The van der Waals surface area contributed by atoms with Crippen LogP contribution < -0.4 is 0 Å². The van der Waals surface area contributed by atoms with Crippen LogP contribution >= 0.6 is 0 Å². The van der Waals surface area contributed by atoms with Gasteiger partial charge >= 0.3 is 0 Å². The van der Waals surface area contributed by atoms with Crippen LogP contribution in [-0.2, 0) is 28.5 Å². The SMILES string of the molecule is CO[C@H]1C(=O)N2[C@H]([C@H]3OC(C)(C)O[C@H]3[C@H]3COC(C)(C)O3)[C@H](O)[C@@H](c3ccccc3)[C@H](O)[C@@H]12. The number of carbonyl (C=O) groups is 1. The van der Waals surface area contributed by atoms with Crippen molar-refractivity contribution in [1.82, 2.24) is 4.90 Å². The third-order valence-electron chi connectivity index (χ3n) is 7.22. The topological polar surface area (TPSA) is 107 Å². The minimum atomic E-state index is -1.10. The zero-order valence-electron chi connectivity index (χ0n) is 19.6. The van der Waals surface area contributed by atoms with Crippen LogP contribution in [-0.4, -0.2) is 95.0 Å². The average molecular weight is 464 g/mol. The van der Waals surface area contributed by atoms with E-state index in [1.807, 2.05) is 44.2 Å². The summed E-state index contributed by atoms with van der Waals surface area (Å²) in [5.74, 6) is -2.63. The fraction of sp³-hybridized carbons (Fsp3) is 0.708. The summed E-state index contributed by atoms with van der Waals surface area (Å²) in [5, 5.41) is 22.9. The number of nitrogens with zero attached hydrogens (tertiary/aromatic N) is 1. The Morgan fingerprint density at radius 1 is 0.939 bits per heavy atom. The Hall–Kier alpha value is -1.59. The number of aliphatic hydroxyl groups is 2. The summed E-state index contributed by atoms with van der Waals surface area (Å²) in [6, 6.07) is 7.98. The van der Waals surface area contributed by atoms with Crippen molar-refractivity contribution in [3.05, 3.63) is 35.9 Å². The predicted molar refractivity (Wildman–Crippen MR) is 115 cm³/mol. The highest BCUT2D eigenvalue weighted by Crippen LogP contribution is 2.48. The molecule has 9 heteroatoms. The van der Waals surface area contributed by atoms with Gasteiger partial charge in [0.25, 0.3) is 5.91 Å². The van der Waals surface area contributed by atoms with E-state index in [-0.39, 0.29) is 5.91 Å². The molecule has 1 aromatic rings. The molecule has 1 amide bonds. The van der Waals surface area contributed by atoms with Crippen molar-refractivity contribution >= 4 is 5.91 Å². The fourth-order valence-electron chi connectivity index (χ4n) is 5.89. The molecule has 4 fully saturated rings. The molecule has 0 aromatic heterocycles. The van der Waals surface area contributed by atoms with Gasteiger partial charge in [-0.05, 0) is 33.3 Å². The normalized spacial score (nSPS) is 43.9. The van der Waals surface area contributed by atoms with Gasteiger partial charge in [-0.25, -0.2) is 0 Å². The Kier molecular flexibility index (Phi) is 5.60. The first-order valence-electron chi connectivity index (χ1n) is 11.5. The van der Waals surface area contributed by atoms with E-state index in [0.29, 0.717) is 6.61 Å². The highest BCUT2D eigenvalue weighted by molar-refractivity contribution is 5.89. The monoisotopic (exact) mass is 463 g/mol. The van der Waals surface area contributed by atoms with E-state index in [4.69, 9.17) is 23.7 Å². The molecular weight excluding hydrogens is 430 g/mol. The fourth-order valence-corrected chi connectivity index (χ4v) is 5.89. The first kappa shape index (κ1) is 23.2. The average Bonchev–Trinajstić information content (AvgIpc) is 3.27. The van der Waals surface area contributed by atoms with E-state index >= 15 is 0 Å². The minimum Gasteiger partial charge on any atom is -0.390 e. The second-order valence-corrected chi connectivity index (χ2v) is 10.2. The van der Waals surface area contributed by atoms with Crippen LogP contribution in [0.3, 0.4) is 0 Å². The molecule has 5 rings (SSSR count). The van der Waals surface area contributed by atoms with E-state index in [1.54, 1.807) is 13.8 Å². The number of piperidine rings is 1. The Balaban J connectivity index is 1.53. The summed E-state index contributed by atoms with van der Waals surface area (Å²) in [7, 11) is 1.46. The summed E-state index contributed by atoms with van der Waals surface area (Å²) in [4.78, 5) is 14.6. The number of ether oxygens (including phenoxy) is 5. The number of β-lactam (4-membered cyclic amide) rings is 1. The number of amides is 1. The molecule has 4 aliphatic heterocycles. The molecule has 4 saturated heterocycles. The molecule has 0 aliphatic carbocycles. The molecular formula is C24H33NO8. The summed E-state index contributed by atoms with van der Waals surface area (Å²) in [6.07, 6.45) is -4.58. The lowest BCUT2D eigenvalue weighted by molar-refractivity contribution is -0.229. The van der Waals surface area contributed by atoms with Gasteiger partial charge in [-0.1, -0.05) is 30.3 Å². The number of benzene rings is 1. The van der Waals surface area contributed by atoms with Crippen LogP contribution in [0.4, 0.5) is 0 Å². The lowest BCUT2D eigenvalue weighted by Crippen LogP contribution is -2.80. The summed E-state index contributed by atoms with van der Waals surface area (Å²) < 4.78 is 29.8. The van der Waals surface area contributed by atoms with Gasteiger partial charge in [0.1, 0.15) is 18.3 Å². The van der Waals surface area contributed by atoms with Gasteiger partial charge in [0, 0.05) is 13.0 Å². The van der Waals surface area contributed by atoms with E-state index < -0.39 is 66.2 Å². The molecule has 2 N–H and O–H groups in total. The zero-order chi connectivity index (χ0) is 23.7. The van der Waals surface area contributed by atoms with Gasteiger partial charge in [0.05, 0.1) is 30.9 Å². The summed E-state index contributed by atoms with van der Waals surface area (Å²) in [6.45, 7) is 7.57. The molecule has 9 atom stereocenters. The molecule has 9 nitrogen and oxygen atoms in total. The smallest absolute Gasteiger partial charge is 0.254 e. The van der Waals surface area contributed by atoms with E-state index in [2.05, 4.69) is 0 Å². The summed E-state index contributed by atoms with van der Waals surface area (Å²) in [5.41, 5.74) is 0.785. The van der Waals surface area contributed by atoms with Gasteiger partial charge in [-0.2, -0.15) is 0 Å². The molecule has 0 spiro atoms. The summed E-state index contributed by atoms with van der Waals surface area (Å²) >= 11 is 0. The predicted octanol–water partition coefficient (Wildman–Crippen LogP) is 0.772. The molecule has 4 heterocycles. The van der Waals surface area contributed by atoms with Crippen LogP contribution in [0.5, 0.6) is 0 Å². The standard InChI is InChI=1S/C24H33NO8/c1-23(2)30-11-13(31-23)19-20(33-24(3,4)32-19)15-17(26)14(12-9-7-6-8-10-12)18(27)16-21(29-5)22(28)25(15)16/h6-10,13-21,26-27H,11H2,1-5H3/t13-,14-,15+,16+,17-,18+,19+,20-,21-/m1/s1. The van der Waals surface area contributed by atoms with Crippen molar-refractivity contribution in [3.8, 4) is 0 Å². The minimum absolute atomic E-state index is 0.284. The molecule has 0 bridgehead atoms. The molecule has 182 valence electrons. The highest BCUT2D eigenvalue weighted by atomic mass is 16.8. The van der Waals surface area contributed by atoms with Gasteiger partial charge in [-0.3, -0.25) is 4.79 Å². The molecule has 0 saturated carbocycles. The maximum atomic E-state index is 13.0. The maximum Gasteiger partial charge on any atom is 0.254 e. The van der Waals surface area contributed by atoms with E-state index in [1.165, 1.54) is 12.0 Å². The molecule has 1 aromatic carbocycles. The molecule has 33 heavy (non-hydrogen) atoms. The van der Waals surface area contributed by atoms with Gasteiger partial charge < -0.3 is 38.8 Å². The molecule has 4 aliphatic rings. The van der Waals surface area contributed by atoms with Gasteiger partial charge in [-0.15, -0.1) is 0 Å². The number of hydrogen-bond donors (Lipinski definition) is 2. The van der Waals surface area contributed by atoms with Crippen molar-refractivity contribution in [2.24, 2.45) is 0 Å². The van der Waals surface area contributed by atoms with Crippen LogP contribution in [0.2, 0.25) is 0 Å². The number of aliphatic hydroxyl groups excluding tert-OH is 2. The first-order chi connectivity index (χ1) is 15.5. The number of methoxy groups -OCH3 is 1. The third kappa shape index (κ3) is 3.70. The van der Waals surface area contributed by atoms with Crippen molar-refractivity contribution in [2.75, 3.05) is 13.7 Å². The van der Waals surface area contributed by atoms with Crippen LogP contribution in [0.1, 0.15) is 39.2 Å². The second kappa shape index (κ2) is 7.98. The van der Waals surface area contributed by atoms with Gasteiger partial charge in [0.2, 0.25) is 0 Å². The number of rotatable bonds is 4. The van der Waals surface area contributed by atoms with Gasteiger partial charge in [0.15, 0.2) is 17.7 Å². The second-order valence-electron chi connectivity index (χ2n) is 10.2. The van der Waals surface area contributed by atoms with Crippen LogP contribution in [0, 0.1) is 0 Å². The molecule has 0 radical (unpaired) electrons. The number of hydrogen-bond acceptors (Lipinski definition) is 8. The largest absolute Gasteiger partial charge is 0.390 e. The Bertz CT molecular complexity index is 892. The van der Waals surface area contributed by atoms with Crippen LogP contribution in [0.15, 0.2) is 30.3 Å². The lowest BCUT2D eigenvalue weighted by Gasteiger charge is -2.60. The van der Waals surface area contributed by atoms with E-state index in [9.17, 15) is 15.0 Å². The molecule has 0 unspecified atom stereocenters. The first-order valence-corrected chi connectivity index (χ1v) is 11.5. The van der Waals surface area contributed by atoms with Crippen molar-refractivity contribution < 1.29 is 38.7 Å².